The van der Waals surface area contributed by atoms with Gasteiger partial charge in [-0.3, -0.25) is 4.90 Å². The molecule has 2 heterocycles. The van der Waals surface area contributed by atoms with Crippen molar-refractivity contribution in [1.29, 1.82) is 5.26 Å². The topological polar surface area (TPSA) is 50.4 Å². The van der Waals surface area contributed by atoms with Crippen LogP contribution in [0.5, 0.6) is 11.5 Å². The molecule has 0 radical (unpaired) electrons. The van der Waals surface area contributed by atoms with Gasteiger partial charge in [-0.25, -0.2) is 0 Å². The van der Waals surface area contributed by atoms with Crippen LogP contribution >= 0.6 is 12.2 Å². The number of aryl methyl sites for hydroxylation is 2. The Morgan fingerprint density at radius 1 is 1.12 bits per heavy atom. The summed E-state index contributed by atoms with van der Waals surface area (Å²) in [6.07, 6.45) is 0.943. The van der Waals surface area contributed by atoms with E-state index < -0.39 is 0 Å². The molecule has 0 atom stereocenters. The summed E-state index contributed by atoms with van der Waals surface area (Å²) in [6, 6.07) is 8.40. The summed E-state index contributed by atoms with van der Waals surface area (Å²) in [6.45, 7) is 6.39. The maximum atomic E-state index is 9.39. The molecule has 26 heavy (non-hydrogen) atoms. The van der Waals surface area contributed by atoms with Crippen LogP contribution in [0.15, 0.2) is 18.2 Å². The molecule has 0 saturated carbocycles. The van der Waals surface area contributed by atoms with Gasteiger partial charge in [-0.05, 0) is 55.2 Å². The van der Waals surface area contributed by atoms with E-state index in [1.165, 1.54) is 11.1 Å². The molecule has 6 heteroatoms. The van der Waals surface area contributed by atoms with Crippen LogP contribution in [0.1, 0.15) is 27.9 Å². The average Bonchev–Trinajstić information content (AvgIpc) is 2.64. The van der Waals surface area contributed by atoms with E-state index in [0.717, 1.165) is 42.3 Å². The number of pyridine rings is 1. The number of hydrogen-bond acceptors (Lipinski definition) is 5. The molecule has 5 nitrogen and oxygen atoms in total. The number of hydrogen-bond donors (Lipinski definition) is 0. The summed E-state index contributed by atoms with van der Waals surface area (Å²) < 4.78 is 13.5. The quantitative estimate of drug-likeness (QED) is 0.769. The van der Waals surface area contributed by atoms with Crippen molar-refractivity contribution in [2.75, 3.05) is 20.8 Å². The third-order valence-corrected chi connectivity index (χ3v) is 5.38. The fourth-order valence-electron chi connectivity index (χ4n) is 3.50. The number of benzene rings is 1. The molecule has 0 aliphatic carbocycles. The molecule has 1 aromatic heterocycles. The smallest absolute Gasteiger partial charge is 0.161 e. The summed E-state index contributed by atoms with van der Waals surface area (Å²) >= 11 is 5.56. The minimum Gasteiger partial charge on any atom is -0.493 e. The lowest BCUT2D eigenvalue weighted by molar-refractivity contribution is 0.196. The van der Waals surface area contributed by atoms with Gasteiger partial charge in [0.2, 0.25) is 0 Å². The van der Waals surface area contributed by atoms with Gasteiger partial charge in [0, 0.05) is 18.8 Å². The highest BCUT2D eigenvalue weighted by molar-refractivity contribution is 7.71. The Kier molecular flexibility index (Phi) is 5.30. The Hall–Kier alpha value is -2.36. The highest BCUT2D eigenvalue weighted by Crippen LogP contribution is 2.33. The van der Waals surface area contributed by atoms with E-state index >= 15 is 0 Å². The number of methoxy groups -OCH3 is 2. The first-order valence-electron chi connectivity index (χ1n) is 8.55. The van der Waals surface area contributed by atoms with Crippen molar-refractivity contribution >= 4 is 12.2 Å². The zero-order chi connectivity index (χ0) is 18.8. The van der Waals surface area contributed by atoms with Crippen molar-refractivity contribution in [3.05, 3.63) is 50.8 Å². The second-order valence-electron chi connectivity index (χ2n) is 6.61. The predicted octanol–water partition coefficient (Wildman–Crippen LogP) is 3.74. The van der Waals surface area contributed by atoms with Gasteiger partial charge in [0.15, 0.2) is 11.5 Å². The first kappa shape index (κ1) is 18.4. The lowest BCUT2D eigenvalue weighted by Gasteiger charge is -2.31. The van der Waals surface area contributed by atoms with E-state index in [9.17, 15) is 5.26 Å². The van der Waals surface area contributed by atoms with Gasteiger partial charge in [0.1, 0.15) is 10.7 Å². The van der Waals surface area contributed by atoms with E-state index in [4.69, 9.17) is 21.7 Å². The van der Waals surface area contributed by atoms with Crippen molar-refractivity contribution in [3.63, 3.8) is 0 Å². The molecule has 3 rings (SSSR count). The minimum atomic E-state index is 0.592. The molecule has 1 aliphatic rings. The van der Waals surface area contributed by atoms with Gasteiger partial charge in [-0.2, -0.15) is 5.26 Å². The largest absolute Gasteiger partial charge is 0.493 e. The van der Waals surface area contributed by atoms with Gasteiger partial charge in [0.05, 0.1) is 26.5 Å². The van der Waals surface area contributed by atoms with Crippen LogP contribution in [-0.4, -0.2) is 30.2 Å². The van der Waals surface area contributed by atoms with E-state index in [1.54, 1.807) is 14.2 Å². The van der Waals surface area contributed by atoms with Crippen LogP contribution in [0.3, 0.4) is 0 Å². The lowest BCUT2D eigenvalue weighted by Crippen LogP contribution is -2.33. The molecular weight excluding hydrogens is 346 g/mol. The molecule has 0 N–H and O–H groups in total. The first-order chi connectivity index (χ1) is 12.5. The van der Waals surface area contributed by atoms with Gasteiger partial charge >= 0.3 is 0 Å². The maximum Gasteiger partial charge on any atom is 0.161 e. The molecule has 0 fully saturated rings. The number of ether oxygens (including phenoxy) is 2. The molecule has 1 aromatic carbocycles. The number of aromatic nitrogens is 1. The molecule has 0 spiro atoms. The monoisotopic (exact) mass is 369 g/mol. The molecule has 0 bridgehead atoms. The van der Waals surface area contributed by atoms with Crippen LogP contribution in [0, 0.1) is 29.8 Å². The highest BCUT2D eigenvalue weighted by atomic mass is 32.1. The Bertz CT molecular complexity index is 944. The van der Waals surface area contributed by atoms with E-state index in [-0.39, 0.29) is 0 Å². The molecule has 1 aliphatic heterocycles. The van der Waals surface area contributed by atoms with Crippen molar-refractivity contribution in [3.8, 4) is 17.6 Å². The first-order valence-corrected chi connectivity index (χ1v) is 8.96. The van der Waals surface area contributed by atoms with Gasteiger partial charge in [-0.15, -0.1) is 0 Å². The van der Waals surface area contributed by atoms with E-state index in [0.29, 0.717) is 16.9 Å². The van der Waals surface area contributed by atoms with Crippen molar-refractivity contribution in [2.24, 2.45) is 0 Å². The highest BCUT2D eigenvalue weighted by Gasteiger charge is 2.20. The van der Waals surface area contributed by atoms with Crippen LogP contribution in [0.4, 0.5) is 0 Å². The molecule has 2 aromatic rings. The van der Waals surface area contributed by atoms with Crippen molar-refractivity contribution in [2.45, 2.75) is 33.5 Å². The Morgan fingerprint density at radius 3 is 2.38 bits per heavy atom. The second kappa shape index (κ2) is 7.48. The third kappa shape index (κ3) is 3.33. The van der Waals surface area contributed by atoms with Crippen molar-refractivity contribution < 1.29 is 9.47 Å². The molecule has 0 unspecified atom stereocenters. The van der Waals surface area contributed by atoms with Crippen LogP contribution in [0.25, 0.3) is 0 Å². The minimum absolute atomic E-state index is 0.592. The maximum absolute atomic E-state index is 9.39. The van der Waals surface area contributed by atoms with E-state index in [1.807, 2.05) is 24.5 Å². The standard InChI is InChI=1S/C20H23N3O2S/c1-13-7-14(2)23(20(26)17(13)10-21)12-22-6-5-15-8-18(24-3)19(25-4)9-16(15)11-22/h7-9H,5-6,11-12H2,1-4H3. The van der Waals surface area contributed by atoms with E-state index in [2.05, 4.69) is 23.1 Å². The Balaban J connectivity index is 1.89. The fourth-order valence-corrected chi connectivity index (χ4v) is 3.91. The number of fused-ring (bicyclic) bond motifs is 1. The second-order valence-corrected chi connectivity index (χ2v) is 7.00. The van der Waals surface area contributed by atoms with Crippen LogP contribution in [-0.2, 0) is 19.6 Å². The average molecular weight is 369 g/mol. The zero-order valence-electron chi connectivity index (χ0n) is 15.6. The summed E-state index contributed by atoms with van der Waals surface area (Å²) in [5.74, 6) is 1.53. The molecular formula is C20H23N3O2S. The van der Waals surface area contributed by atoms with Gasteiger partial charge < -0.3 is 14.0 Å². The number of nitrogens with zero attached hydrogens (tertiary/aromatic N) is 3. The molecule has 136 valence electrons. The van der Waals surface area contributed by atoms with Crippen molar-refractivity contribution in [1.82, 2.24) is 9.47 Å². The summed E-state index contributed by atoms with van der Waals surface area (Å²) in [4.78, 5) is 2.34. The zero-order valence-corrected chi connectivity index (χ0v) is 16.4. The normalized spacial score (nSPS) is 13.8. The Labute approximate surface area is 159 Å². The predicted molar refractivity (Wildman–Crippen MR) is 103 cm³/mol. The van der Waals surface area contributed by atoms with Gasteiger partial charge in [-0.1, -0.05) is 12.2 Å². The summed E-state index contributed by atoms with van der Waals surface area (Å²) in [5, 5.41) is 9.39. The van der Waals surface area contributed by atoms with Crippen LogP contribution in [0.2, 0.25) is 0 Å². The summed E-state index contributed by atoms with van der Waals surface area (Å²) in [5.41, 5.74) is 5.14. The fraction of sp³-hybridized carbons (Fsp3) is 0.400. The summed E-state index contributed by atoms with van der Waals surface area (Å²) in [7, 11) is 3.32. The lowest BCUT2D eigenvalue weighted by atomic mass is 9.99. The van der Waals surface area contributed by atoms with Crippen LogP contribution < -0.4 is 9.47 Å². The SMILES string of the molecule is COc1cc2c(cc1OC)CN(Cn1c(C)cc(C)c(C#N)c1=S)CC2. The molecule has 0 amide bonds. The third-order valence-electron chi connectivity index (χ3n) is 4.95. The Morgan fingerprint density at radius 2 is 1.77 bits per heavy atom. The van der Waals surface area contributed by atoms with Gasteiger partial charge in [0.25, 0.3) is 0 Å². The molecule has 0 saturated heterocycles. The number of nitriles is 1. The number of rotatable bonds is 4.